The summed E-state index contributed by atoms with van der Waals surface area (Å²) < 4.78 is 5.17. The molecule has 0 spiro atoms. The maximum absolute atomic E-state index is 11.8. The lowest BCUT2D eigenvalue weighted by Crippen LogP contribution is -2.29. The van der Waals surface area contributed by atoms with Crippen molar-refractivity contribution in [3.8, 4) is 0 Å². The average molecular weight is 276 g/mol. The first kappa shape index (κ1) is 13.4. The lowest BCUT2D eigenvalue weighted by molar-refractivity contribution is -0.125. The minimum Gasteiger partial charge on any atom is -0.383 e. The molecule has 1 aliphatic carbocycles. The molecule has 1 aromatic rings. The van der Waals surface area contributed by atoms with E-state index in [9.17, 15) is 9.90 Å². The number of amides is 1. The van der Waals surface area contributed by atoms with Crippen molar-refractivity contribution in [1.82, 2.24) is 0 Å². The van der Waals surface area contributed by atoms with Crippen molar-refractivity contribution in [3.05, 3.63) is 23.8 Å². The van der Waals surface area contributed by atoms with Crippen LogP contribution in [0.2, 0.25) is 0 Å². The number of rotatable bonds is 5. The summed E-state index contributed by atoms with van der Waals surface area (Å²) in [5.41, 5.74) is 2.60. The molecule has 20 heavy (non-hydrogen) atoms. The van der Waals surface area contributed by atoms with Crippen LogP contribution in [0, 0.1) is 0 Å². The Kier molecular flexibility index (Phi) is 3.40. The Morgan fingerprint density at radius 3 is 2.85 bits per heavy atom. The van der Waals surface area contributed by atoms with Crippen molar-refractivity contribution in [2.24, 2.45) is 0 Å². The number of aliphatic hydroxyl groups is 1. The first-order valence-electron chi connectivity index (χ1n) is 6.98. The van der Waals surface area contributed by atoms with Crippen LogP contribution in [0.1, 0.15) is 24.5 Å². The zero-order chi connectivity index (χ0) is 14.3. The van der Waals surface area contributed by atoms with Crippen LogP contribution in [0.25, 0.3) is 0 Å². The standard InChI is InChI=1S/C15H20N2O3/c1-16-13-9-11(5-6-12(13)14(18)15(16)19)17(7-8-20-2)10-3-4-10/h5-6,9-10,14,18H,3-4,7-8H2,1-2H3. The molecule has 0 bridgehead atoms. The third kappa shape index (κ3) is 2.17. The highest BCUT2D eigenvalue weighted by Crippen LogP contribution is 2.39. The van der Waals surface area contributed by atoms with E-state index in [1.807, 2.05) is 18.2 Å². The monoisotopic (exact) mass is 276 g/mol. The maximum Gasteiger partial charge on any atom is 0.260 e. The van der Waals surface area contributed by atoms with E-state index in [2.05, 4.69) is 4.90 Å². The van der Waals surface area contributed by atoms with E-state index in [1.165, 1.54) is 17.7 Å². The number of aliphatic hydroxyl groups excluding tert-OH is 1. The van der Waals surface area contributed by atoms with Gasteiger partial charge in [-0.2, -0.15) is 0 Å². The highest BCUT2D eigenvalue weighted by atomic mass is 16.5. The number of hydrogen-bond donors (Lipinski definition) is 1. The van der Waals surface area contributed by atoms with Gasteiger partial charge in [0.25, 0.3) is 5.91 Å². The van der Waals surface area contributed by atoms with Crippen molar-refractivity contribution in [2.45, 2.75) is 25.0 Å². The first-order valence-corrected chi connectivity index (χ1v) is 6.98. The van der Waals surface area contributed by atoms with Gasteiger partial charge in [-0.15, -0.1) is 0 Å². The van der Waals surface area contributed by atoms with Gasteiger partial charge in [0, 0.05) is 38.0 Å². The van der Waals surface area contributed by atoms with Crippen molar-refractivity contribution < 1.29 is 14.6 Å². The van der Waals surface area contributed by atoms with Gasteiger partial charge in [-0.3, -0.25) is 4.79 Å². The number of hydrogen-bond acceptors (Lipinski definition) is 4. The van der Waals surface area contributed by atoms with Gasteiger partial charge < -0.3 is 19.6 Å². The SMILES string of the molecule is COCCN(c1ccc2c(c1)N(C)C(=O)C2O)C1CC1. The van der Waals surface area contributed by atoms with Crippen molar-refractivity contribution in [1.29, 1.82) is 0 Å². The zero-order valence-corrected chi connectivity index (χ0v) is 11.9. The van der Waals surface area contributed by atoms with Crippen LogP contribution in [0.3, 0.4) is 0 Å². The second-order valence-corrected chi connectivity index (χ2v) is 5.46. The molecule has 3 rings (SSSR count). The van der Waals surface area contributed by atoms with Gasteiger partial charge in [-0.05, 0) is 25.0 Å². The van der Waals surface area contributed by atoms with E-state index in [1.54, 1.807) is 14.2 Å². The number of methoxy groups -OCH3 is 1. The predicted octanol–water partition coefficient (Wildman–Crippen LogP) is 1.31. The summed E-state index contributed by atoms with van der Waals surface area (Å²) in [5.74, 6) is -0.257. The lowest BCUT2D eigenvalue weighted by atomic mass is 10.1. The Labute approximate surface area is 118 Å². The average Bonchev–Trinajstić information content (AvgIpc) is 3.27. The van der Waals surface area contributed by atoms with Crippen LogP contribution in [-0.4, -0.2) is 44.4 Å². The minimum absolute atomic E-state index is 0.257. The first-order chi connectivity index (χ1) is 9.63. The van der Waals surface area contributed by atoms with Crippen molar-refractivity contribution in [3.63, 3.8) is 0 Å². The molecular formula is C15H20N2O3. The Morgan fingerprint density at radius 1 is 1.45 bits per heavy atom. The van der Waals surface area contributed by atoms with Crippen LogP contribution in [-0.2, 0) is 9.53 Å². The quantitative estimate of drug-likeness (QED) is 0.881. The smallest absolute Gasteiger partial charge is 0.260 e. The number of anilines is 2. The van der Waals surface area contributed by atoms with Gasteiger partial charge >= 0.3 is 0 Å². The Hall–Kier alpha value is -1.59. The molecule has 5 heteroatoms. The molecule has 1 saturated carbocycles. The van der Waals surface area contributed by atoms with E-state index < -0.39 is 6.10 Å². The summed E-state index contributed by atoms with van der Waals surface area (Å²) in [6.45, 7) is 1.53. The highest BCUT2D eigenvalue weighted by Gasteiger charge is 2.35. The third-order valence-corrected chi connectivity index (χ3v) is 4.09. The molecule has 2 aliphatic rings. The summed E-state index contributed by atoms with van der Waals surface area (Å²) >= 11 is 0. The molecule has 1 atom stereocenters. The fourth-order valence-electron chi connectivity index (χ4n) is 2.77. The van der Waals surface area contributed by atoms with E-state index in [-0.39, 0.29) is 5.91 Å². The van der Waals surface area contributed by atoms with Gasteiger partial charge in [-0.25, -0.2) is 0 Å². The van der Waals surface area contributed by atoms with Gasteiger partial charge in [-0.1, -0.05) is 6.07 Å². The molecular weight excluding hydrogens is 256 g/mol. The van der Waals surface area contributed by atoms with E-state index >= 15 is 0 Å². The molecule has 0 aromatic heterocycles. The highest BCUT2D eigenvalue weighted by molar-refractivity contribution is 6.03. The second kappa shape index (κ2) is 5.07. The molecule has 1 fully saturated rings. The van der Waals surface area contributed by atoms with Gasteiger partial charge in [0.05, 0.1) is 12.3 Å². The molecule has 5 nitrogen and oxygen atoms in total. The number of carbonyl (C=O) groups excluding carboxylic acids is 1. The summed E-state index contributed by atoms with van der Waals surface area (Å²) in [7, 11) is 3.41. The van der Waals surface area contributed by atoms with Gasteiger partial charge in [0.15, 0.2) is 6.10 Å². The normalized spacial score (nSPS) is 21.2. The number of fused-ring (bicyclic) bond motifs is 1. The molecule has 1 heterocycles. The molecule has 108 valence electrons. The maximum atomic E-state index is 11.8. The molecule has 1 unspecified atom stereocenters. The largest absolute Gasteiger partial charge is 0.383 e. The Morgan fingerprint density at radius 2 is 2.20 bits per heavy atom. The summed E-state index contributed by atoms with van der Waals surface area (Å²) in [5, 5.41) is 9.89. The summed E-state index contributed by atoms with van der Waals surface area (Å²) in [4.78, 5) is 15.7. The second-order valence-electron chi connectivity index (χ2n) is 5.46. The summed E-state index contributed by atoms with van der Waals surface area (Å²) in [6, 6.07) is 6.43. The Balaban J connectivity index is 1.90. The molecule has 1 aromatic carbocycles. The van der Waals surface area contributed by atoms with E-state index in [0.717, 1.165) is 17.9 Å². The number of nitrogens with zero attached hydrogens (tertiary/aromatic N) is 2. The van der Waals surface area contributed by atoms with Crippen LogP contribution in [0.4, 0.5) is 11.4 Å². The van der Waals surface area contributed by atoms with Crippen molar-refractivity contribution >= 4 is 17.3 Å². The number of benzene rings is 1. The molecule has 0 radical (unpaired) electrons. The minimum atomic E-state index is -1.02. The van der Waals surface area contributed by atoms with Crippen molar-refractivity contribution in [2.75, 3.05) is 37.1 Å². The molecule has 0 saturated heterocycles. The molecule has 1 aliphatic heterocycles. The Bertz CT molecular complexity index is 528. The summed E-state index contributed by atoms with van der Waals surface area (Å²) in [6.07, 6.45) is 1.40. The fraction of sp³-hybridized carbons (Fsp3) is 0.533. The zero-order valence-electron chi connectivity index (χ0n) is 11.9. The number of carbonyl (C=O) groups is 1. The predicted molar refractivity (Wildman–Crippen MR) is 77.1 cm³/mol. The van der Waals surface area contributed by atoms with E-state index in [4.69, 9.17) is 4.74 Å². The topological polar surface area (TPSA) is 53.0 Å². The van der Waals surface area contributed by atoms with E-state index in [0.29, 0.717) is 18.2 Å². The van der Waals surface area contributed by atoms with Crippen LogP contribution < -0.4 is 9.80 Å². The van der Waals surface area contributed by atoms with Crippen LogP contribution in [0.15, 0.2) is 18.2 Å². The third-order valence-electron chi connectivity index (χ3n) is 4.09. The van der Waals surface area contributed by atoms with Gasteiger partial charge in [0.2, 0.25) is 0 Å². The molecule has 1 amide bonds. The number of ether oxygens (including phenoxy) is 1. The number of likely N-dealkylation sites (N-methyl/N-ethyl adjacent to an activating group) is 1. The molecule has 1 N–H and O–H groups in total. The van der Waals surface area contributed by atoms with Crippen LogP contribution >= 0.6 is 0 Å². The van der Waals surface area contributed by atoms with Gasteiger partial charge in [0.1, 0.15) is 0 Å². The van der Waals surface area contributed by atoms with Crippen LogP contribution in [0.5, 0.6) is 0 Å². The fourth-order valence-corrected chi connectivity index (χ4v) is 2.77. The lowest BCUT2D eigenvalue weighted by Gasteiger charge is -2.25.